The SMILES string of the molecule is CC.CC(=O)NC(C(=O)N[C@@H](CC1=CC=CCC1)CC(O)[C@H](Cc1ccccc1)NC(=O)OCc1cncs1)C(C)C.CCc1csc(C(C)C)n1. The average Bonchev–Trinajstić information content (AvgIpc) is 3.84. The highest BCUT2D eigenvalue weighted by Gasteiger charge is 2.30. The first-order valence-electron chi connectivity index (χ1n) is 18.3. The maximum atomic E-state index is 13.3. The Morgan fingerprint density at radius 3 is 2.27 bits per heavy atom. The lowest BCUT2D eigenvalue weighted by molar-refractivity contribution is -0.129. The number of aliphatic hydroxyl groups excluding tert-OH is 1. The van der Waals surface area contributed by atoms with Crippen LogP contribution in [0.4, 0.5) is 4.79 Å². The summed E-state index contributed by atoms with van der Waals surface area (Å²) in [6.07, 6.45) is 10.1. The van der Waals surface area contributed by atoms with Crippen LogP contribution in [0.1, 0.15) is 108 Å². The third-order valence-corrected chi connectivity index (χ3v) is 10.1. The Morgan fingerprint density at radius 2 is 1.73 bits per heavy atom. The third-order valence-electron chi connectivity index (χ3n) is 8.11. The molecule has 4 atom stereocenters. The van der Waals surface area contributed by atoms with E-state index in [2.05, 4.69) is 58.1 Å². The highest BCUT2D eigenvalue weighted by Crippen LogP contribution is 2.22. The zero-order chi connectivity index (χ0) is 38.5. The second-order valence-electron chi connectivity index (χ2n) is 13.1. The van der Waals surface area contributed by atoms with Crippen LogP contribution in [-0.4, -0.2) is 57.2 Å². The molecule has 1 aliphatic rings. The number of amides is 3. The van der Waals surface area contributed by atoms with E-state index in [9.17, 15) is 19.5 Å². The van der Waals surface area contributed by atoms with Crippen molar-refractivity contribution in [3.63, 3.8) is 0 Å². The van der Waals surface area contributed by atoms with Crippen molar-refractivity contribution in [3.05, 3.63) is 92.4 Å². The van der Waals surface area contributed by atoms with Gasteiger partial charge in [-0.2, -0.15) is 0 Å². The summed E-state index contributed by atoms with van der Waals surface area (Å²) in [5, 5.41) is 23.5. The Kier molecular flexibility index (Phi) is 20.8. The van der Waals surface area contributed by atoms with E-state index in [0.29, 0.717) is 18.8 Å². The van der Waals surface area contributed by atoms with Crippen molar-refractivity contribution in [1.82, 2.24) is 25.9 Å². The minimum absolute atomic E-state index is 0.0880. The van der Waals surface area contributed by atoms with Crippen molar-refractivity contribution in [2.75, 3.05) is 0 Å². The molecule has 3 aromatic rings. The molecule has 52 heavy (non-hydrogen) atoms. The largest absolute Gasteiger partial charge is 0.444 e. The lowest BCUT2D eigenvalue weighted by Gasteiger charge is -2.30. The molecule has 3 amide bonds. The number of aliphatic hydroxyl groups is 1. The van der Waals surface area contributed by atoms with Gasteiger partial charge in [0.25, 0.3) is 0 Å². The number of nitrogens with zero attached hydrogens (tertiary/aromatic N) is 2. The standard InChI is InChI=1S/C30H40N4O5S.C8H13NS.C2H6/c1-20(2)28(32-21(3)35)29(37)33-24(14-22-10-6-4-7-11-22)16-27(36)26(15-23-12-8-5-9-13-23)34-30(38)39-18-25-17-31-19-40-25;1-4-7-5-10-8(9-7)6(2)3;1-2/h4-6,8-10,12-13,17,19-20,24,26-28,36H,7,11,14-16,18H2,1-3H3,(H,32,35)(H,33,37)(H,34,38);5-6H,4H2,1-3H3;1-2H3/t24-,26-,27?,28?;;/m0../s1. The summed E-state index contributed by atoms with van der Waals surface area (Å²) in [6.45, 7) is 15.7. The molecule has 12 heteroatoms. The number of rotatable bonds is 16. The van der Waals surface area contributed by atoms with Gasteiger partial charge in [0, 0.05) is 30.5 Å². The van der Waals surface area contributed by atoms with Gasteiger partial charge in [0.05, 0.1) is 33.2 Å². The van der Waals surface area contributed by atoms with Gasteiger partial charge in [-0.1, -0.05) is 103 Å². The average molecular weight is 754 g/mol. The van der Waals surface area contributed by atoms with Crippen molar-refractivity contribution in [2.45, 2.75) is 131 Å². The maximum Gasteiger partial charge on any atom is 0.407 e. The minimum Gasteiger partial charge on any atom is -0.444 e. The maximum absolute atomic E-state index is 13.3. The number of carbonyl (C=O) groups is 3. The van der Waals surface area contributed by atoms with Gasteiger partial charge in [-0.25, -0.2) is 9.78 Å². The zero-order valence-electron chi connectivity index (χ0n) is 32.1. The van der Waals surface area contributed by atoms with Crippen LogP contribution < -0.4 is 16.0 Å². The van der Waals surface area contributed by atoms with Gasteiger partial charge >= 0.3 is 6.09 Å². The molecule has 4 N–H and O–H groups in total. The van der Waals surface area contributed by atoms with Crippen molar-refractivity contribution in [1.29, 1.82) is 0 Å². The third kappa shape index (κ3) is 16.6. The van der Waals surface area contributed by atoms with Crippen molar-refractivity contribution < 1.29 is 24.2 Å². The predicted octanol–water partition coefficient (Wildman–Crippen LogP) is 7.90. The topological polar surface area (TPSA) is 143 Å². The summed E-state index contributed by atoms with van der Waals surface area (Å²) in [5.74, 6) is -0.113. The summed E-state index contributed by atoms with van der Waals surface area (Å²) in [5.41, 5.74) is 5.01. The summed E-state index contributed by atoms with van der Waals surface area (Å²) >= 11 is 3.16. The molecule has 0 spiro atoms. The van der Waals surface area contributed by atoms with Gasteiger partial charge < -0.3 is 25.8 Å². The molecule has 0 aliphatic heterocycles. The van der Waals surface area contributed by atoms with E-state index in [-0.39, 0.29) is 30.8 Å². The summed E-state index contributed by atoms with van der Waals surface area (Å²) in [4.78, 5) is 46.9. The van der Waals surface area contributed by atoms with E-state index in [4.69, 9.17) is 4.74 Å². The van der Waals surface area contributed by atoms with Gasteiger partial charge in [-0.15, -0.1) is 22.7 Å². The first-order valence-corrected chi connectivity index (χ1v) is 20.1. The fraction of sp³-hybridized carbons (Fsp3) is 0.525. The molecule has 0 saturated heterocycles. The molecule has 2 unspecified atom stereocenters. The van der Waals surface area contributed by atoms with Crippen molar-refractivity contribution in [3.8, 4) is 0 Å². The molecular formula is C40H59N5O5S2. The first kappa shape index (κ1) is 44.3. The van der Waals surface area contributed by atoms with Gasteiger partial charge in [0.1, 0.15) is 12.6 Å². The number of ether oxygens (including phenoxy) is 1. The summed E-state index contributed by atoms with van der Waals surface area (Å²) in [6, 6.07) is 7.81. The molecule has 0 fully saturated rings. The summed E-state index contributed by atoms with van der Waals surface area (Å²) in [7, 11) is 0. The number of alkyl carbamates (subject to hydrolysis) is 1. The normalized spacial score (nSPS) is 14.4. The smallest absolute Gasteiger partial charge is 0.407 e. The molecule has 2 heterocycles. The van der Waals surface area contributed by atoms with Gasteiger partial charge in [-0.05, 0) is 50.0 Å². The number of benzene rings is 1. The number of allylic oxidation sites excluding steroid dienone is 3. The molecule has 286 valence electrons. The lowest BCUT2D eigenvalue weighted by atomic mass is 9.91. The summed E-state index contributed by atoms with van der Waals surface area (Å²) < 4.78 is 5.37. The first-order chi connectivity index (χ1) is 24.9. The number of carbonyl (C=O) groups excluding carboxylic acids is 3. The van der Waals surface area contributed by atoms with E-state index < -0.39 is 30.3 Å². The fourth-order valence-electron chi connectivity index (χ4n) is 5.38. The highest BCUT2D eigenvalue weighted by atomic mass is 32.1. The molecule has 1 aromatic carbocycles. The van der Waals surface area contributed by atoms with E-state index in [1.165, 1.54) is 29.0 Å². The molecule has 10 nitrogen and oxygen atoms in total. The Hall–Kier alpha value is -3.87. The Morgan fingerprint density at radius 1 is 1.00 bits per heavy atom. The number of aromatic nitrogens is 2. The Balaban J connectivity index is 0.000000664. The second-order valence-corrected chi connectivity index (χ2v) is 15.0. The molecule has 4 rings (SSSR count). The molecule has 0 bridgehead atoms. The lowest BCUT2D eigenvalue weighted by Crippen LogP contribution is -2.53. The van der Waals surface area contributed by atoms with Gasteiger partial charge in [0.15, 0.2) is 0 Å². The second kappa shape index (κ2) is 24.4. The van der Waals surface area contributed by atoms with Gasteiger partial charge in [0.2, 0.25) is 11.8 Å². The molecule has 1 aliphatic carbocycles. The molecular weight excluding hydrogens is 695 g/mol. The molecule has 0 radical (unpaired) electrons. The van der Waals surface area contributed by atoms with Crippen LogP contribution in [-0.2, 0) is 33.8 Å². The minimum atomic E-state index is -0.987. The van der Waals surface area contributed by atoms with E-state index in [0.717, 1.165) is 35.3 Å². The number of hydrogen-bond donors (Lipinski definition) is 4. The number of aryl methyl sites for hydroxylation is 1. The molecule has 0 saturated carbocycles. The van der Waals surface area contributed by atoms with Crippen molar-refractivity contribution >= 4 is 40.6 Å². The number of thiazole rings is 2. The predicted molar refractivity (Wildman–Crippen MR) is 212 cm³/mol. The quantitative estimate of drug-likeness (QED) is 0.117. The van der Waals surface area contributed by atoms with Gasteiger partial charge in [-0.3, -0.25) is 14.6 Å². The van der Waals surface area contributed by atoms with Crippen LogP contribution in [0.2, 0.25) is 0 Å². The van der Waals surface area contributed by atoms with E-state index in [1.54, 1.807) is 23.0 Å². The van der Waals surface area contributed by atoms with Crippen LogP contribution in [0, 0.1) is 5.92 Å². The fourth-order valence-corrected chi connectivity index (χ4v) is 6.80. The highest BCUT2D eigenvalue weighted by molar-refractivity contribution is 7.09. The van der Waals surface area contributed by atoms with Crippen LogP contribution in [0.25, 0.3) is 0 Å². The van der Waals surface area contributed by atoms with Crippen LogP contribution in [0.3, 0.4) is 0 Å². The number of hydrogen-bond acceptors (Lipinski definition) is 9. The van der Waals surface area contributed by atoms with E-state index >= 15 is 0 Å². The number of nitrogens with one attached hydrogen (secondary N) is 3. The zero-order valence-corrected chi connectivity index (χ0v) is 33.7. The van der Waals surface area contributed by atoms with Crippen LogP contribution >= 0.6 is 22.7 Å². The van der Waals surface area contributed by atoms with E-state index in [1.807, 2.05) is 70.2 Å². The van der Waals surface area contributed by atoms with Crippen LogP contribution in [0.5, 0.6) is 0 Å². The Bertz CT molecular complexity index is 1520. The molecule has 2 aromatic heterocycles. The van der Waals surface area contributed by atoms with Crippen LogP contribution in [0.15, 0.2) is 71.2 Å². The van der Waals surface area contributed by atoms with Crippen molar-refractivity contribution in [2.24, 2.45) is 5.92 Å². The monoisotopic (exact) mass is 753 g/mol. The Labute approximate surface area is 318 Å².